The van der Waals surface area contributed by atoms with Crippen molar-refractivity contribution >= 4 is 5.69 Å². The second kappa shape index (κ2) is 11.6. The molecule has 1 fully saturated rings. The highest BCUT2D eigenvalue weighted by molar-refractivity contribution is 5.75. The fourth-order valence-corrected chi connectivity index (χ4v) is 5.19. The van der Waals surface area contributed by atoms with Crippen molar-refractivity contribution in [3.8, 4) is 16.9 Å². The number of nitrogens with zero attached hydrogens (tertiary/aromatic N) is 3. The topological polar surface area (TPSA) is 56.6 Å². The molecular weight excluding hydrogens is 481 g/mol. The highest BCUT2D eigenvalue weighted by atomic mass is 19.1. The van der Waals surface area contributed by atoms with Gasteiger partial charge in [0.25, 0.3) is 5.56 Å². The van der Waals surface area contributed by atoms with Gasteiger partial charge >= 0.3 is 0 Å². The van der Waals surface area contributed by atoms with Gasteiger partial charge in [-0.1, -0.05) is 48.5 Å². The summed E-state index contributed by atoms with van der Waals surface area (Å²) in [7, 11) is 1.62. The molecule has 2 heterocycles. The molecule has 0 bridgehead atoms. The van der Waals surface area contributed by atoms with E-state index in [0.717, 1.165) is 46.7 Å². The Labute approximate surface area is 222 Å². The molecule has 0 amide bonds. The highest BCUT2D eigenvalue weighted by Gasteiger charge is 2.21. The zero-order valence-electron chi connectivity index (χ0n) is 21.8. The Bertz CT molecular complexity index is 1480. The zero-order chi connectivity index (χ0) is 26.5. The largest absolute Gasteiger partial charge is 0.496 e. The minimum atomic E-state index is -0.282. The predicted molar refractivity (Wildman–Crippen MR) is 148 cm³/mol. The monoisotopic (exact) mass is 513 g/mol. The zero-order valence-corrected chi connectivity index (χ0v) is 21.8. The molecule has 1 saturated heterocycles. The van der Waals surface area contributed by atoms with Crippen LogP contribution in [0, 0.1) is 12.7 Å². The molecule has 0 radical (unpaired) electrons. The van der Waals surface area contributed by atoms with Gasteiger partial charge in [-0.25, -0.2) is 9.07 Å². The summed E-state index contributed by atoms with van der Waals surface area (Å²) in [6.45, 7) is 5.27. The SMILES string of the molecule is COc1ccccc1-c1c(C)nn(Cc2ccccc2N2CCOCC2)c(=O)c1CCc1cccc(F)c1. The molecule has 7 heteroatoms. The van der Waals surface area contributed by atoms with Crippen LogP contribution in [0.3, 0.4) is 0 Å². The Morgan fingerprint density at radius 3 is 2.53 bits per heavy atom. The van der Waals surface area contributed by atoms with Crippen LogP contribution in [0.1, 0.15) is 22.4 Å². The second-order valence-electron chi connectivity index (χ2n) is 9.46. The van der Waals surface area contributed by atoms with Crippen LogP contribution in [0.5, 0.6) is 5.75 Å². The number of hydrogen-bond acceptors (Lipinski definition) is 5. The molecule has 0 N–H and O–H groups in total. The minimum Gasteiger partial charge on any atom is -0.496 e. The van der Waals surface area contributed by atoms with Crippen molar-refractivity contribution in [3.63, 3.8) is 0 Å². The van der Waals surface area contributed by atoms with Crippen LogP contribution in [0.2, 0.25) is 0 Å². The number of rotatable bonds is 8. The molecule has 5 rings (SSSR count). The number of aryl methyl sites for hydroxylation is 2. The Kier molecular flexibility index (Phi) is 7.84. The van der Waals surface area contributed by atoms with Gasteiger partial charge < -0.3 is 14.4 Å². The molecule has 0 saturated carbocycles. The fourth-order valence-electron chi connectivity index (χ4n) is 5.19. The van der Waals surface area contributed by atoms with Gasteiger partial charge in [-0.3, -0.25) is 4.79 Å². The lowest BCUT2D eigenvalue weighted by Crippen LogP contribution is -2.37. The minimum absolute atomic E-state index is 0.148. The average Bonchev–Trinajstić information content (AvgIpc) is 2.95. The van der Waals surface area contributed by atoms with Gasteiger partial charge in [-0.15, -0.1) is 0 Å². The van der Waals surface area contributed by atoms with Crippen molar-refractivity contribution in [2.24, 2.45) is 0 Å². The summed E-state index contributed by atoms with van der Waals surface area (Å²) in [5, 5.41) is 4.78. The van der Waals surface area contributed by atoms with Gasteiger partial charge in [-0.05, 0) is 55.2 Å². The van der Waals surface area contributed by atoms with Crippen LogP contribution in [0.4, 0.5) is 10.1 Å². The molecule has 1 aliphatic rings. The third-order valence-electron chi connectivity index (χ3n) is 7.02. The van der Waals surface area contributed by atoms with Crippen LogP contribution >= 0.6 is 0 Å². The van der Waals surface area contributed by atoms with E-state index in [1.807, 2.05) is 49.4 Å². The van der Waals surface area contributed by atoms with E-state index in [-0.39, 0.29) is 11.4 Å². The van der Waals surface area contributed by atoms with E-state index in [4.69, 9.17) is 14.6 Å². The Balaban J connectivity index is 1.58. The lowest BCUT2D eigenvalue weighted by molar-refractivity contribution is 0.122. The van der Waals surface area contributed by atoms with Gasteiger partial charge in [0.1, 0.15) is 11.6 Å². The standard InChI is InChI=1S/C31H32FN3O3/c1-22-30(26-11-4-6-13-29(26)37-2)27(15-14-23-8-7-10-25(32)20-23)31(36)35(33-22)21-24-9-3-5-12-28(24)34-16-18-38-19-17-34/h3-13,20H,14-19,21H2,1-2H3. The van der Waals surface area contributed by atoms with Crippen molar-refractivity contribution in [1.29, 1.82) is 0 Å². The molecule has 0 unspecified atom stereocenters. The summed E-state index contributed by atoms with van der Waals surface area (Å²) in [5.41, 5.74) is 5.82. The number of para-hydroxylation sites is 2. The lowest BCUT2D eigenvalue weighted by atomic mass is 9.94. The number of benzene rings is 3. The van der Waals surface area contributed by atoms with E-state index in [1.165, 1.54) is 12.1 Å². The van der Waals surface area contributed by atoms with Gasteiger partial charge in [-0.2, -0.15) is 5.10 Å². The van der Waals surface area contributed by atoms with Crippen LogP contribution < -0.4 is 15.2 Å². The van der Waals surface area contributed by atoms with Crippen molar-refractivity contribution in [2.45, 2.75) is 26.3 Å². The molecule has 4 aromatic rings. The number of morpholine rings is 1. The predicted octanol–water partition coefficient (Wildman–Crippen LogP) is 5.04. The van der Waals surface area contributed by atoms with Crippen molar-refractivity contribution in [2.75, 3.05) is 38.3 Å². The summed E-state index contributed by atoms with van der Waals surface area (Å²) in [5.74, 6) is 0.398. The fraction of sp³-hybridized carbons (Fsp3) is 0.290. The Morgan fingerprint density at radius 1 is 0.974 bits per heavy atom. The molecule has 38 heavy (non-hydrogen) atoms. The molecule has 1 aliphatic heterocycles. The normalized spacial score (nSPS) is 13.5. The number of anilines is 1. The summed E-state index contributed by atoms with van der Waals surface area (Å²) in [4.78, 5) is 16.3. The number of methoxy groups -OCH3 is 1. The molecule has 0 spiro atoms. The quantitative estimate of drug-likeness (QED) is 0.331. The first kappa shape index (κ1) is 25.7. The molecule has 3 aromatic carbocycles. The summed E-state index contributed by atoms with van der Waals surface area (Å²) < 4.78 is 26.6. The maximum Gasteiger partial charge on any atom is 0.270 e. The second-order valence-corrected chi connectivity index (χ2v) is 9.46. The first-order valence-electron chi connectivity index (χ1n) is 12.9. The third kappa shape index (κ3) is 5.48. The van der Waals surface area contributed by atoms with Crippen molar-refractivity contribution in [1.82, 2.24) is 9.78 Å². The summed E-state index contributed by atoms with van der Waals surface area (Å²) in [6, 6.07) is 22.4. The van der Waals surface area contributed by atoms with E-state index < -0.39 is 0 Å². The van der Waals surface area contributed by atoms with E-state index in [0.29, 0.717) is 43.9 Å². The van der Waals surface area contributed by atoms with Gasteiger partial charge in [0.15, 0.2) is 0 Å². The van der Waals surface area contributed by atoms with E-state index in [1.54, 1.807) is 17.9 Å². The number of hydrogen-bond donors (Lipinski definition) is 0. The summed E-state index contributed by atoms with van der Waals surface area (Å²) >= 11 is 0. The van der Waals surface area contributed by atoms with Crippen LogP contribution in [0.15, 0.2) is 77.6 Å². The molecule has 0 atom stereocenters. The smallest absolute Gasteiger partial charge is 0.270 e. The van der Waals surface area contributed by atoms with Gasteiger partial charge in [0.05, 0.1) is 32.6 Å². The van der Waals surface area contributed by atoms with Crippen LogP contribution in [-0.2, 0) is 24.1 Å². The number of halogens is 1. The first-order chi connectivity index (χ1) is 18.5. The average molecular weight is 514 g/mol. The van der Waals surface area contributed by atoms with E-state index >= 15 is 0 Å². The van der Waals surface area contributed by atoms with Crippen LogP contribution in [-0.4, -0.2) is 43.2 Å². The maximum absolute atomic E-state index is 14.0. The van der Waals surface area contributed by atoms with Crippen molar-refractivity contribution < 1.29 is 13.9 Å². The molecule has 1 aromatic heterocycles. The molecule has 0 aliphatic carbocycles. The number of aromatic nitrogens is 2. The van der Waals surface area contributed by atoms with E-state index in [9.17, 15) is 9.18 Å². The Hall–Kier alpha value is -3.97. The first-order valence-corrected chi connectivity index (χ1v) is 12.9. The lowest BCUT2D eigenvalue weighted by Gasteiger charge is -2.30. The van der Waals surface area contributed by atoms with E-state index in [2.05, 4.69) is 17.0 Å². The van der Waals surface area contributed by atoms with Crippen LogP contribution in [0.25, 0.3) is 11.1 Å². The molecular formula is C31H32FN3O3. The third-order valence-corrected chi connectivity index (χ3v) is 7.02. The molecule has 196 valence electrons. The maximum atomic E-state index is 14.0. The number of ether oxygens (including phenoxy) is 2. The van der Waals surface area contributed by atoms with Crippen molar-refractivity contribution in [3.05, 3.63) is 111 Å². The van der Waals surface area contributed by atoms with Gasteiger partial charge in [0.2, 0.25) is 0 Å². The van der Waals surface area contributed by atoms with Gasteiger partial charge in [0, 0.05) is 35.5 Å². The Morgan fingerprint density at radius 2 is 1.74 bits per heavy atom. The summed E-state index contributed by atoms with van der Waals surface area (Å²) in [6.07, 6.45) is 0.979. The molecule has 6 nitrogen and oxygen atoms in total. The highest BCUT2D eigenvalue weighted by Crippen LogP contribution is 2.33.